The van der Waals surface area contributed by atoms with Gasteiger partial charge in [0.05, 0.1) is 24.4 Å². The lowest BCUT2D eigenvalue weighted by Crippen LogP contribution is -2.27. The topological polar surface area (TPSA) is 120 Å². The summed E-state index contributed by atoms with van der Waals surface area (Å²) in [6, 6.07) is 5.47. The molecule has 0 bridgehead atoms. The zero-order valence-electron chi connectivity index (χ0n) is 19.9. The van der Waals surface area contributed by atoms with Crippen LogP contribution in [0.5, 0.6) is 0 Å². The van der Waals surface area contributed by atoms with Crippen LogP contribution < -0.4 is 11.1 Å². The van der Waals surface area contributed by atoms with E-state index in [1.165, 1.54) is 19.4 Å². The Morgan fingerprint density at radius 2 is 2.14 bits per heavy atom. The highest BCUT2D eigenvalue weighted by Crippen LogP contribution is 2.34. The maximum Gasteiger partial charge on any atom is 0.255 e. The summed E-state index contributed by atoms with van der Waals surface area (Å²) in [7, 11) is 3.21. The molecular formula is C25H27N7O3. The molecule has 35 heavy (non-hydrogen) atoms. The summed E-state index contributed by atoms with van der Waals surface area (Å²) in [5.74, 6) is 5.65. The Labute approximate surface area is 203 Å². The number of anilines is 1. The molecule has 4 rings (SSSR count). The number of likely N-dealkylation sites (tertiary alicyclic amines) is 1. The van der Waals surface area contributed by atoms with Crippen molar-refractivity contribution in [2.75, 3.05) is 26.0 Å². The third-order valence-electron chi connectivity index (χ3n) is 5.82. The van der Waals surface area contributed by atoms with Crippen LogP contribution in [0.3, 0.4) is 0 Å². The van der Waals surface area contributed by atoms with E-state index in [1.54, 1.807) is 16.6 Å². The molecule has 1 atom stereocenters. The second-order valence-electron chi connectivity index (χ2n) is 8.00. The first kappa shape index (κ1) is 23.6. The van der Waals surface area contributed by atoms with Crippen LogP contribution in [0.25, 0.3) is 10.9 Å². The van der Waals surface area contributed by atoms with Crippen LogP contribution in [-0.2, 0) is 16.1 Å². The van der Waals surface area contributed by atoms with Crippen molar-refractivity contribution in [3.05, 3.63) is 65.8 Å². The van der Waals surface area contributed by atoms with Gasteiger partial charge in [0, 0.05) is 43.7 Å². The van der Waals surface area contributed by atoms with Crippen LogP contribution in [0.2, 0.25) is 0 Å². The number of allylic oxidation sites excluding steroid dienone is 1. The van der Waals surface area contributed by atoms with Crippen molar-refractivity contribution in [1.29, 1.82) is 0 Å². The van der Waals surface area contributed by atoms with E-state index in [4.69, 9.17) is 10.5 Å². The first-order valence-corrected chi connectivity index (χ1v) is 11.1. The van der Waals surface area contributed by atoms with Crippen molar-refractivity contribution < 1.29 is 14.3 Å². The van der Waals surface area contributed by atoms with E-state index in [2.05, 4.69) is 33.9 Å². The van der Waals surface area contributed by atoms with Crippen molar-refractivity contribution in [3.8, 4) is 11.8 Å². The minimum absolute atomic E-state index is 0.200. The molecule has 0 saturated carbocycles. The van der Waals surface area contributed by atoms with Gasteiger partial charge in [0.2, 0.25) is 5.91 Å². The average Bonchev–Trinajstić information content (AvgIpc) is 3.56. The highest BCUT2D eigenvalue weighted by molar-refractivity contribution is 6.00. The van der Waals surface area contributed by atoms with E-state index in [0.29, 0.717) is 24.5 Å². The summed E-state index contributed by atoms with van der Waals surface area (Å²) in [6.07, 6.45) is 5.20. The van der Waals surface area contributed by atoms with E-state index < -0.39 is 5.91 Å². The molecule has 2 amide bonds. The van der Waals surface area contributed by atoms with E-state index in [-0.39, 0.29) is 23.2 Å². The van der Waals surface area contributed by atoms with Crippen LogP contribution >= 0.6 is 0 Å². The van der Waals surface area contributed by atoms with Gasteiger partial charge in [-0.3, -0.25) is 14.3 Å². The monoisotopic (exact) mass is 473 g/mol. The quantitative estimate of drug-likeness (QED) is 0.322. The number of aromatic nitrogens is 4. The molecule has 3 N–H and O–H groups in total. The average molecular weight is 474 g/mol. The zero-order chi connectivity index (χ0) is 25.1. The fourth-order valence-corrected chi connectivity index (χ4v) is 4.20. The number of aryl methyl sites for hydroxylation is 1. The lowest BCUT2D eigenvalue weighted by Gasteiger charge is -2.16. The van der Waals surface area contributed by atoms with Crippen molar-refractivity contribution >= 4 is 28.5 Å². The number of benzene rings is 1. The predicted molar refractivity (Wildman–Crippen MR) is 132 cm³/mol. The van der Waals surface area contributed by atoms with Crippen molar-refractivity contribution in [2.24, 2.45) is 5.73 Å². The minimum atomic E-state index is -0.644. The molecule has 10 nitrogen and oxygen atoms in total. The number of hydrogen-bond donors (Lipinski definition) is 2. The van der Waals surface area contributed by atoms with Gasteiger partial charge in [-0.25, -0.2) is 4.68 Å². The summed E-state index contributed by atoms with van der Waals surface area (Å²) in [5.41, 5.74) is 8.51. The summed E-state index contributed by atoms with van der Waals surface area (Å²) in [4.78, 5) is 26.3. The first-order chi connectivity index (χ1) is 16.9. The van der Waals surface area contributed by atoms with E-state index in [0.717, 1.165) is 23.0 Å². The summed E-state index contributed by atoms with van der Waals surface area (Å²) in [5, 5.41) is 13.1. The van der Waals surface area contributed by atoms with Crippen LogP contribution in [0.15, 0.2) is 49.0 Å². The Morgan fingerprint density at radius 1 is 1.34 bits per heavy atom. The highest BCUT2D eigenvalue weighted by Gasteiger charge is 2.35. The number of nitrogens with zero attached hydrogens (tertiary/aromatic N) is 5. The number of amides is 2. The Balaban J connectivity index is 1.73. The predicted octanol–water partition coefficient (Wildman–Crippen LogP) is 2.24. The maximum absolute atomic E-state index is 12.4. The fourth-order valence-electron chi connectivity index (χ4n) is 4.20. The lowest BCUT2D eigenvalue weighted by atomic mass is 10.1. The largest absolute Gasteiger partial charge is 0.503 e. The molecule has 0 radical (unpaired) electrons. The number of hydrogen-bond acceptors (Lipinski definition) is 6. The SMILES string of the molecule is C=CC(=O)N1C[C@@H](n2nc(C#Cc3ccc4nn(CC)cc4c3)c(C(N)=O)c2NC)C/C1=C\OC. The van der Waals surface area contributed by atoms with Crippen LogP contribution in [0, 0.1) is 11.8 Å². The molecule has 0 unspecified atom stereocenters. The molecule has 10 heteroatoms. The summed E-state index contributed by atoms with van der Waals surface area (Å²) in [6.45, 7) is 6.71. The van der Waals surface area contributed by atoms with Crippen LogP contribution in [0.1, 0.15) is 41.0 Å². The highest BCUT2D eigenvalue weighted by atomic mass is 16.5. The van der Waals surface area contributed by atoms with Gasteiger partial charge < -0.3 is 20.7 Å². The van der Waals surface area contributed by atoms with Crippen molar-refractivity contribution in [2.45, 2.75) is 25.9 Å². The van der Waals surface area contributed by atoms with Gasteiger partial charge in [-0.2, -0.15) is 10.2 Å². The summed E-state index contributed by atoms with van der Waals surface area (Å²) < 4.78 is 8.68. The molecule has 1 aliphatic heterocycles. The number of fused-ring (bicyclic) bond motifs is 1. The molecule has 3 heterocycles. The molecule has 1 aliphatic rings. The Bertz CT molecular complexity index is 1400. The minimum Gasteiger partial charge on any atom is -0.503 e. The second-order valence-corrected chi connectivity index (χ2v) is 8.00. The Hall–Kier alpha value is -4.52. The smallest absolute Gasteiger partial charge is 0.255 e. The molecular weight excluding hydrogens is 446 g/mol. The van der Waals surface area contributed by atoms with Crippen LogP contribution in [0.4, 0.5) is 5.82 Å². The van der Waals surface area contributed by atoms with E-state index in [9.17, 15) is 9.59 Å². The normalized spacial score (nSPS) is 16.3. The Morgan fingerprint density at radius 3 is 2.80 bits per heavy atom. The maximum atomic E-state index is 12.4. The number of ether oxygens (including phenoxy) is 1. The van der Waals surface area contributed by atoms with Gasteiger partial charge in [-0.1, -0.05) is 12.5 Å². The molecule has 3 aromatic rings. The number of rotatable bonds is 6. The number of carbonyl (C=O) groups excluding carboxylic acids is 2. The third-order valence-corrected chi connectivity index (χ3v) is 5.82. The van der Waals surface area contributed by atoms with Gasteiger partial charge in [0.25, 0.3) is 5.91 Å². The van der Waals surface area contributed by atoms with Gasteiger partial charge >= 0.3 is 0 Å². The molecule has 1 fully saturated rings. The molecule has 180 valence electrons. The standard InChI is InChI=1S/C25H27N7O3/c1-5-22(33)31-14-18(12-19(31)15-35-4)32-25(27-3)23(24(26)34)21(29-32)10-8-16-7-9-20-17(11-16)13-30(6-2)28-20/h5,7,9,11,13,15,18,27H,1,6,12,14H2,2-4H3,(H2,26,34)/b19-15+/t18-/m0/s1. The molecule has 2 aromatic heterocycles. The Kier molecular flexibility index (Phi) is 6.59. The van der Waals surface area contributed by atoms with Crippen LogP contribution in [-0.4, -0.2) is 57.0 Å². The third kappa shape index (κ3) is 4.48. The number of carbonyl (C=O) groups is 2. The van der Waals surface area contributed by atoms with Crippen molar-refractivity contribution in [3.63, 3.8) is 0 Å². The fraction of sp³-hybridized carbons (Fsp3) is 0.280. The zero-order valence-corrected chi connectivity index (χ0v) is 19.9. The number of methoxy groups -OCH3 is 1. The molecule has 0 aliphatic carbocycles. The van der Waals surface area contributed by atoms with Gasteiger partial charge in [-0.15, -0.1) is 0 Å². The lowest BCUT2D eigenvalue weighted by molar-refractivity contribution is -0.123. The second kappa shape index (κ2) is 9.77. The first-order valence-electron chi connectivity index (χ1n) is 11.1. The van der Waals surface area contributed by atoms with Gasteiger partial charge in [0.15, 0.2) is 5.69 Å². The van der Waals surface area contributed by atoms with E-state index >= 15 is 0 Å². The van der Waals surface area contributed by atoms with Gasteiger partial charge in [0.1, 0.15) is 17.6 Å². The van der Waals surface area contributed by atoms with Gasteiger partial charge in [-0.05, 0) is 37.1 Å². The number of nitrogens with one attached hydrogen (secondary N) is 1. The van der Waals surface area contributed by atoms with Crippen molar-refractivity contribution in [1.82, 2.24) is 24.5 Å². The van der Waals surface area contributed by atoms with E-state index in [1.807, 2.05) is 36.0 Å². The molecule has 1 aromatic carbocycles. The molecule has 0 spiro atoms. The summed E-state index contributed by atoms with van der Waals surface area (Å²) >= 11 is 0. The molecule has 1 saturated heterocycles. The number of nitrogens with two attached hydrogens (primary N) is 1. The number of primary amides is 1.